The molecule has 6 heteroatoms. The predicted molar refractivity (Wildman–Crippen MR) is 83.3 cm³/mol. The first kappa shape index (κ1) is 15.7. The van der Waals surface area contributed by atoms with E-state index in [1.807, 2.05) is 26.0 Å². The van der Waals surface area contributed by atoms with E-state index in [9.17, 15) is 0 Å². The molecule has 0 bridgehead atoms. The number of aryl methyl sites for hydroxylation is 2. The Bertz CT molecular complexity index is 593. The second-order valence-corrected chi connectivity index (χ2v) is 4.99. The highest BCUT2D eigenvalue weighted by Crippen LogP contribution is 2.30. The number of benzene rings is 1. The number of nitrogens with zero attached hydrogens (tertiary/aromatic N) is 1. The molecule has 0 saturated carbocycles. The molecule has 2 aromatic rings. The van der Waals surface area contributed by atoms with Gasteiger partial charge in [0.2, 0.25) is 0 Å². The lowest BCUT2D eigenvalue weighted by Crippen LogP contribution is -2.17. The molecule has 0 fully saturated rings. The molecule has 0 radical (unpaired) electrons. The van der Waals surface area contributed by atoms with Crippen molar-refractivity contribution in [2.45, 2.75) is 26.9 Å². The summed E-state index contributed by atoms with van der Waals surface area (Å²) in [6.45, 7) is 6.91. The number of aromatic amines is 1. The van der Waals surface area contributed by atoms with Crippen molar-refractivity contribution in [2.75, 3.05) is 13.2 Å². The first-order chi connectivity index (χ1) is 9.74. The monoisotopic (exact) mass is 309 g/mol. The van der Waals surface area contributed by atoms with Gasteiger partial charge in [-0.1, -0.05) is 6.07 Å². The largest absolute Gasteiger partial charge is 0.486 e. The van der Waals surface area contributed by atoms with E-state index in [0.717, 1.165) is 36.0 Å². The number of fused-ring (bicyclic) bond motifs is 1. The standard InChI is InChI=1S/C15H19N3O2.ClH/c1-10-13(11(2)18-17-10)9-16-8-12-3-4-14-15(7-12)20-6-5-19-14;/h3-4,7,16H,5-6,8-9H2,1-2H3,(H,17,18);1H. The van der Waals surface area contributed by atoms with Crippen LogP contribution in [-0.2, 0) is 13.1 Å². The molecule has 21 heavy (non-hydrogen) atoms. The van der Waals surface area contributed by atoms with E-state index in [-0.39, 0.29) is 12.4 Å². The van der Waals surface area contributed by atoms with Gasteiger partial charge in [0.05, 0.1) is 5.69 Å². The van der Waals surface area contributed by atoms with E-state index in [0.29, 0.717) is 13.2 Å². The van der Waals surface area contributed by atoms with Crippen LogP contribution in [0.5, 0.6) is 11.5 Å². The lowest BCUT2D eigenvalue weighted by atomic mass is 10.1. The van der Waals surface area contributed by atoms with Crippen molar-refractivity contribution >= 4 is 12.4 Å². The normalized spacial score (nSPS) is 12.9. The Hall–Kier alpha value is -1.72. The van der Waals surface area contributed by atoms with Crippen molar-refractivity contribution in [1.82, 2.24) is 15.5 Å². The molecule has 2 N–H and O–H groups in total. The van der Waals surface area contributed by atoms with Crippen LogP contribution in [0.25, 0.3) is 0 Å². The Labute approximate surface area is 130 Å². The maximum atomic E-state index is 5.59. The second kappa shape index (κ2) is 6.83. The zero-order chi connectivity index (χ0) is 13.9. The van der Waals surface area contributed by atoms with Crippen molar-refractivity contribution < 1.29 is 9.47 Å². The third-order valence-electron chi connectivity index (χ3n) is 3.52. The fourth-order valence-corrected chi connectivity index (χ4v) is 2.36. The van der Waals surface area contributed by atoms with Crippen molar-refractivity contribution in [3.05, 3.63) is 40.7 Å². The molecule has 1 aromatic heterocycles. The number of ether oxygens (including phenoxy) is 2. The zero-order valence-electron chi connectivity index (χ0n) is 12.2. The fraction of sp³-hybridized carbons (Fsp3) is 0.400. The Morgan fingerprint density at radius 2 is 1.90 bits per heavy atom. The van der Waals surface area contributed by atoms with Gasteiger partial charge in [-0.3, -0.25) is 5.10 Å². The molecular weight excluding hydrogens is 290 g/mol. The van der Waals surface area contributed by atoms with Crippen molar-refractivity contribution in [3.63, 3.8) is 0 Å². The third kappa shape index (κ3) is 3.49. The number of H-pyrrole nitrogens is 1. The summed E-state index contributed by atoms with van der Waals surface area (Å²) in [6.07, 6.45) is 0. The summed E-state index contributed by atoms with van der Waals surface area (Å²) in [7, 11) is 0. The van der Waals surface area contributed by atoms with Crippen LogP contribution in [0, 0.1) is 13.8 Å². The molecule has 0 atom stereocenters. The average Bonchev–Trinajstić information content (AvgIpc) is 2.79. The third-order valence-corrected chi connectivity index (χ3v) is 3.52. The minimum Gasteiger partial charge on any atom is -0.486 e. The van der Waals surface area contributed by atoms with E-state index in [4.69, 9.17) is 9.47 Å². The lowest BCUT2D eigenvalue weighted by Gasteiger charge is -2.19. The summed E-state index contributed by atoms with van der Waals surface area (Å²) in [4.78, 5) is 0. The number of nitrogens with one attached hydrogen (secondary N) is 2. The summed E-state index contributed by atoms with van der Waals surface area (Å²) in [6, 6.07) is 6.08. The number of halogens is 1. The van der Waals surface area contributed by atoms with E-state index in [1.165, 1.54) is 11.1 Å². The summed E-state index contributed by atoms with van der Waals surface area (Å²) in [5.41, 5.74) is 4.60. The van der Waals surface area contributed by atoms with E-state index in [1.54, 1.807) is 0 Å². The van der Waals surface area contributed by atoms with Crippen molar-refractivity contribution in [2.24, 2.45) is 0 Å². The highest BCUT2D eigenvalue weighted by atomic mass is 35.5. The molecule has 0 aliphatic carbocycles. The van der Waals surface area contributed by atoms with E-state index in [2.05, 4.69) is 21.6 Å². The Morgan fingerprint density at radius 1 is 1.14 bits per heavy atom. The molecule has 1 aromatic carbocycles. The van der Waals surface area contributed by atoms with Gasteiger partial charge in [0.1, 0.15) is 13.2 Å². The molecule has 3 rings (SSSR count). The maximum absolute atomic E-state index is 5.59. The Kier molecular flexibility index (Phi) is 5.09. The van der Waals surface area contributed by atoms with Crippen LogP contribution in [0.2, 0.25) is 0 Å². The molecule has 0 amide bonds. The zero-order valence-corrected chi connectivity index (χ0v) is 13.0. The van der Waals surface area contributed by atoms with E-state index < -0.39 is 0 Å². The number of hydrogen-bond donors (Lipinski definition) is 2. The van der Waals surface area contributed by atoms with Gasteiger partial charge in [0.15, 0.2) is 11.5 Å². The average molecular weight is 310 g/mol. The summed E-state index contributed by atoms with van der Waals surface area (Å²) < 4.78 is 11.1. The van der Waals surface area contributed by atoms with Crippen LogP contribution in [0.1, 0.15) is 22.5 Å². The highest BCUT2D eigenvalue weighted by Gasteiger charge is 2.11. The first-order valence-electron chi connectivity index (χ1n) is 6.84. The minimum atomic E-state index is 0. The van der Waals surface area contributed by atoms with Gasteiger partial charge in [0.25, 0.3) is 0 Å². The van der Waals surface area contributed by atoms with Gasteiger partial charge >= 0.3 is 0 Å². The van der Waals surface area contributed by atoms with Gasteiger partial charge in [0, 0.05) is 24.3 Å². The lowest BCUT2D eigenvalue weighted by molar-refractivity contribution is 0.171. The molecule has 1 aliphatic heterocycles. The number of rotatable bonds is 4. The first-order valence-corrected chi connectivity index (χ1v) is 6.84. The fourth-order valence-electron chi connectivity index (χ4n) is 2.36. The molecule has 114 valence electrons. The molecule has 1 aliphatic rings. The molecule has 0 saturated heterocycles. The van der Waals surface area contributed by atoms with Gasteiger partial charge in [-0.25, -0.2) is 0 Å². The quantitative estimate of drug-likeness (QED) is 0.911. The van der Waals surface area contributed by atoms with Gasteiger partial charge < -0.3 is 14.8 Å². The second-order valence-electron chi connectivity index (χ2n) is 4.99. The molecule has 0 unspecified atom stereocenters. The Balaban J connectivity index is 0.00000161. The van der Waals surface area contributed by atoms with Crippen molar-refractivity contribution in [1.29, 1.82) is 0 Å². The molecule has 0 spiro atoms. The van der Waals surface area contributed by atoms with E-state index >= 15 is 0 Å². The van der Waals surface area contributed by atoms with Gasteiger partial charge in [-0.2, -0.15) is 5.10 Å². The molecular formula is C15H20ClN3O2. The predicted octanol–water partition coefficient (Wildman–Crippen LogP) is 2.51. The smallest absolute Gasteiger partial charge is 0.161 e. The molecule has 2 heterocycles. The molecule has 5 nitrogen and oxygen atoms in total. The van der Waals surface area contributed by atoms with Gasteiger partial charge in [-0.15, -0.1) is 12.4 Å². The van der Waals surface area contributed by atoms with Crippen LogP contribution in [0.3, 0.4) is 0 Å². The SMILES string of the molecule is Cc1n[nH]c(C)c1CNCc1ccc2c(c1)OCCO2.Cl. The number of hydrogen-bond acceptors (Lipinski definition) is 4. The number of aromatic nitrogens is 2. The summed E-state index contributed by atoms with van der Waals surface area (Å²) in [5.74, 6) is 1.67. The van der Waals surface area contributed by atoms with Crippen LogP contribution in [0.15, 0.2) is 18.2 Å². The highest BCUT2D eigenvalue weighted by molar-refractivity contribution is 5.85. The Morgan fingerprint density at radius 3 is 2.62 bits per heavy atom. The minimum absolute atomic E-state index is 0. The van der Waals surface area contributed by atoms with Crippen molar-refractivity contribution in [3.8, 4) is 11.5 Å². The summed E-state index contributed by atoms with van der Waals surface area (Å²) >= 11 is 0. The van der Waals surface area contributed by atoms with Crippen LogP contribution < -0.4 is 14.8 Å². The van der Waals surface area contributed by atoms with Crippen LogP contribution in [0.4, 0.5) is 0 Å². The van der Waals surface area contributed by atoms with Crippen LogP contribution in [-0.4, -0.2) is 23.4 Å². The maximum Gasteiger partial charge on any atom is 0.161 e. The van der Waals surface area contributed by atoms with Crippen LogP contribution >= 0.6 is 12.4 Å². The topological polar surface area (TPSA) is 59.2 Å². The van der Waals surface area contributed by atoms with Gasteiger partial charge in [-0.05, 0) is 31.5 Å². The summed E-state index contributed by atoms with van der Waals surface area (Å²) in [5, 5.41) is 10.6.